The van der Waals surface area contributed by atoms with Crippen LogP contribution in [-0.4, -0.2) is 23.9 Å². The Morgan fingerprint density at radius 1 is 1.40 bits per heavy atom. The lowest BCUT2D eigenvalue weighted by atomic mass is 10.2. The molecule has 0 atom stereocenters. The van der Waals surface area contributed by atoms with Crippen LogP contribution >= 0.6 is 0 Å². The van der Waals surface area contributed by atoms with Crippen LogP contribution in [0.15, 0.2) is 30.3 Å². The number of benzene rings is 1. The summed E-state index contributed by atoms with van der Waals surface area (Å²) in [5.41, 5.74) is 6.25. The Hall–Kier alpha value is -1.86. The van der Waals surface area contributed by atoms with Crippen molar-refractivity contribution in [2.45, 2.75) is 6.54 Å². The van der Waals surface area contributed by atoms with Crippen LogP contribution in [0.5, 0.6) is 0 Å². The number of hydrogen-bond donors (Lipinski definition) is 1. The first-order chi connectivity index (χ1) is 7.27. The fourth-order valence-electron chi connectivity index (χ4n) is 1.25. The van der Waals surface area contributed by atoms with E-state index in [2.05, 4.69) is 0 Å². The molecule has 0 aliphatic rings. The van der Waals surface area contributed by atoms with Gasteiger partial charge in [0.25, 0.3) is 0 Å². The molecule has 0 aliphatic carbocycles. The molecule has 0 bridgehead atoms. The van der Waals surface area contributed by atoms with Gasteiger partial charge in [0, 0.05) is 6.54 Å². The number of carbonyl (C=O) groups excluding carboxylic acids is 1. The highest BCUT2D eigenvalue weighted by Gasteiger charge is 2.10. The highest BCUT2D eigenvalue weighted by molar-refractivity contribution is 5.78. The minimum absolute atomic E-state index is 0.0610. The molecule has 0 spiro atoms. The van der Waals surface area contributed by atoms with Crippen LogP contribution in [0.3, 0.4) is 0 Å². The van der Waals surface area contributed by atoms with E-state index < -0.39 is 0 Å². The number of carbonyl (C=O) groups is 1. The minimum Gasteiger partial charge on any atom is -0.324 e. The summed E-state index contributed by atoms with van der Waals surface area (Å²) in [5, 5.41) is 8.57. The number of nitrogens with two attached hydrogens (primary N) is 1. The smallest absolute Gasteiger partial charge is 0.237 e. The van der Waals surface area contributed by atoms with Gasteiger partial charge in [0.05, 0.1) is 12.6 Å². The molecular formula is C11H13N3O. The molecule has 4 heteroatoms. The Kier molecular flexibility index (Phi) is 4.32. The first-order valence-corrected chi connectivity index (χ1v) is 4.66. The SMILES string of the molecule is N#CCN(Cc1ccccc1)C(=O)CN. The van der Waals surface area contributed by atoms with Gasteiger partial charge in [-0.15, -0.1) is 0 Å². The quantitative estimate of drug-likeness (QED) is 0.724. The molecule has 0 saturated carbocycles. The van der Waals surface area contributed by atoms with E-state index in [1.165, 1.54) is 4.90 Å². The van der Waals surface area contributed by atoms with Crippen LogP contribution in [0.25, 0.3) is 0 Å². The standard InChI is InChI=1S/C11H13N3O/c12-6-7-14(11(15)8-13)9-10-4-2-1-3-5-10/h1-5H,7-9,13H2. The molecule has 1 aromatic rings. The number of amides is 1. The Morgan fingerprint density at radius 2 is 2.07 bits per heavy atom. The Bertz CT molecular complexity index is 356. The third kappa shape index (κ3) is 3.41. The maximum absolute atomic E-state index is 11.4. The Balaban J connectivity index is 2.68. The Morgan fingerprint density at radius 3 is 2.60 bits per heavy atom. The fourth-order valence-corrected chi connectivity index (χ4v) is 1.25. The van der Waals surface area contributed by atoms with Crippen LogP contribution < -0.4 is 5.73 Å². The van der Waals surface area contributed by atoms with E-state index in [1.54, 1.807) is 0 Å². The molecular weight excluding hydrogens is 190 g/mol. The first-order valence-electron chi connectivity index (χ1n) is 4.66. The lowest BCUT2D eigenvalue weighted by Crippen LogP contribution is -2.35. The lowest BCUT2D eigenvalue weighted by Gasteiger charge is -2.18. The van der Waals surface area contributed by atoms with Gasteiger partial charge in [-0.05, 0) is 5.56 Å². The van der Waals surface area contributed by atoms with Crippen LogP contribution in [0.2, 0.25) is 0 Å². The molecule has 1 aromatic carbocycles. The predicted octanol–water partition coefficient (Wildman–Crippen LogP) is 0.497. The molecule has 78 valence electrons. The molecule has 15 heavy (non-hydrogen) atoms. The summed E-state index contributed by atoms with van der Waals surface area (Å²) in [6.07, 6.45) is 0. The van der Waals surface area contributed by atoms with Crippen molar-refractivity contribution < 1.29 is 4.79 Å². The van der Waals surface area contributed by atoms with Crippen molar-refractivity contribution in [3.05, 3.63) is 35.9 Å². The largest absolute Gasteiger partial charge is 0.324 e. The van der Waals surface area contributed by atoms with Gasteiger partial charge in [-0.2, -0.15) is 5.26 Å². The summed E-state index contributed by atoms with van der Waals surface area (Å²) in [6, 6.07) is 11.5. The van der Waals surface area contributed by atoms with Crippen molar-refractivity contribution in [1.82, 2.24) is 4.90 Å². The highest BCUT2D eigenvalue weighted by Crippen LogP contribution is 2.03. The molecule has 4 nitrogen and oxygen atoms in total. The summed E-state index contributed by atoms with van der Waals surface area (Å²) < 4.78 is 0. The number of nitriles is 1. The number of nitrogens with zero attached hydrogens (tertiary/aromatic N) is 2. The van der Waals surface area contributed by atoms with Crippen LogP contribution in [0.4, 0.5) is 0 Å². The zero-order chi connectivity index (χ0) is 11.1. The van der Waals surface area contributed by atoms with E-state index in [-0.39, 0.29) is 19.0 Å². The van der Waals surface area contributed by atoms with Gasteiger partial charge >= 0.3 is 0 Å². The molecule has 0 aromatic heterocycles. The third-order valence-corrected chi connectivity index (χ3v) is 2.01. The van der Waals surface area contributed by atoms with Crippen molar-refractivity contribution in [1.29, 1.82) is 5.26 Å². The van der Waals surface area contributed by atoms with Gasteiger partial charge in [-0.3, -0.25) is 4.79 Å². The topological polar surface area (TPSA) is 70.1 Å². The lowest BCUT2D eigenvalue weighted by molar-refractivity contribution is -0.129. The van der Waals surface area contributed by atoms with Gasteiger partial charge in [-0.1, -0.05) is 30.3 Å². The Labute approximate surface area is 88.9 Å². The first kappa shape index (κ1) is 11.2. The van der Waals surface area contributed by atoms with Gasteiger partial charge < -0.3 is 10.6 Å². The van der Waals surface area contributed by atoms with Crippen LogP contribution in [0.1, 0.15) is 5.56 Å². The van der Waals surface area contributed by atoms with Crippen molar-refractivity contribution in [2.24, 2.45) is 5.73 Å². The van der Waals surface area contributed by atoms with E-state index in [4.69, 9.17) is 11.0 Å². The van der Waals surface area contributed by atoms with Crippen molar-refractivity contribution >= 4 is 5.91 Å². The zero-order valence-electron chi connectivity index (χ0n) is 8.39. The van der Waals surface area contributed by atoms with Crippen LogP contribution in [-0.2, 0) is 11.3 Å². The minimum atomic E-state index is -0.208. The van der Waals surface area contributed by atoms with Gasteiger partial charge in [0.2, 0.25) is 5.91 Å². The van der Waals surface area contributed by atoms with Crippen molar-refractivity contribution in [3.8, 4) is 6.07 Å². The highest BCUT2D eigenvalue weighted by atomic mass is 16.2. The third-order valence-electron chi connectivity index (χ3n) is 2.01. The number of rotatable bonds is 4. The van der Waals surface area contributed by atoms with Gasteiger partial charge in [-0.25, -0.2) is 0 Å². The molecule has 0 fully saturated rings. The zero-order valence-corrected chi connectivity index (χ0v) is 8.39. The average molecular weight is 203 g/mol. The van der Waals surface area contributed by atoms with E-state index in [0.717, 1.165) is 5.56 Å². The maximum atomic E-state index is 11.4. The molecule has 0 saturated heterocycles. The summed E-state index contributed by atoms with van der Waals surface area (Å²) >= 11 is 0. The summed E-state index contributed by atoms with van der Waals surface area (Å²) in [5.74, 6) is -0.208. The number of hydrogen-bond acceptors (Lipinski definition) is 3. The molecule has 0 radical (unpaired) electrons. The second-order valence-corrected chi connectivity index (χ2v) is 3.10. The second kappa shape index (κ2) is 5.78. The molecule has 0 heterocycles. The monoisotopic (exact) mass is 203 g/mol. The van der Waals surface area contributed by atoms with Gasteiger partial charge in [0.1, 0.15) is 6.54 Å². The van der Waals surface area contributed by atoms with Crippen molar-refractivity contribution in [3.63, 3.8) is 0 Å². The van der Waals surface area contributed by atoms with E-state index in [9.17, 15) is 4.79 Å². The van der Waals surface area contributed by atoms with Crippen LogP contribution in [0, 0.1) is 11.3 Å². The fraction of sp³-hybridized carbons (Fsp3) is 0.273. The van der Waals surface area contributed by atoms with Crippen molar-refractivity contribution in [2.75, 3.05) is 13.1 Å². The normalized spacial score (nSPS) is 9.33. The molecule has 0 unspecified atom stereocenters. The molecule has 0 aliphatic heterocycles. The summed E-state index contributed by atoms with van der Waals surface area (Å²) in [4.78, 5) is 12.8. The summed E-state index contributed by atoms with van der Waals surface area (Å²) in [6.45, 7) is 0.448. The molecule has 1 rings (SSSR count). The van der Waals surface area contributed by atoms with Gasteiger partial charge in [0.15, 0.2) is 0 Å². The van der Waals surface area contributed by atoms with E-state index in [0.29, 0.717) is 6.54 Å². The maximum Gasteiger partial charge on any atom is 0.237 e. The molecule has 2 N–H and O–H groups in total. The van der Waals surface area contributed by atoms with E-state index >= 15 is 0 Å². The van der Waals surface area contributed by atoms with E-state index in [1.807, 2.05) is 36.4 Å². The predicted molar refractivity (Wildman–Crippen MR) is 56.5 cm³/mol. The molecule has 1 amide bonds. The second-order valence-electron chi connectivity index (χ2n) is 3.10. The average Bonchev–Trinajstić information content (AvgIpc) is 2.29. The summed E-state index contributed by atoms with van der Waals surface area (Å²) in [7, 11) is 0.